The molecule has 2 aromatic rings. The summed E-state index contributed by atoms with van der Waals surface area (Å²) in [5.41, 5.74) is 0.0596. The minimum absolute atomic E-state index is 0.0596. The van der Waals surface area contributed by atoms with Crippen molar-refractivity contribution in [3.8, 4) is 5.75 Å². The number of thioether (sulfide) groups is 1. The average Bonchev–Trinajstić information content (AvgIpc) is 2.49. The highest BCUT2D eigenvalue weighted by Gasteiger charge is 2.29. The molecule has 20 heavy (non-hydrogen) atoms. The van der Waals surface area contributed by atoms with Crippen LogP contribution in [0.2, 0.25) is 0 Å². The number of hydrogen-bond donors (Lipinski definition) is 0. The summed E-state index contributed by atoms with van der Waals surface area (Å²) in [7, 11) is 0. The highest BCUT2D eigenvalue weighted by atomic mass is 79.9. The van der Waals surface area contributed by atoms with Gasteiger partial charge in [-0.1, -0.05) is 18.2 Å². The van der Waals surface area contributed by atoms with Gasteiger partial charge >= 0.3 is 0 Å². The van der Waals surface area contributed by atoms with Crippen molar-refractivity contribution in [3.05, 3.63) is 58.3 Å². The molecule has 0 aromatic heterocycles. The summed E-state index contributed by atoms with van der Waals surface area (Å²) in [5, 5.41) is 0. The predicted molar refractivity (Wildman–Crippen MR) is 80.0 cm³/mol. The van der Waals surface area contributed by atoms with Gasteiger partial charge in [0.2, 0.25) is 5.78 Å². The van der Waals surface area contributed by atoms with Crippen molar-refractivity contribution in [2.24, 2.45) is 0 Å². The van der Waals surface area contributed by atoms with Gasteiger partial charge in [-0.25, -0.2) is 4.39 Å². The lowest BCUT2D eigenvalue weighted by molar-refractivity contribution is 0.0810. The number of carbonyl (C=O) groups is 1. The van der Waals surface area contributed by atoms with Crippen LogP contribution in [0.4, 0.5) is 4.39 Å². The number of ether oxygens (including phenoxy) is 1. The number of carbonyl (C=O) groups excluding carboxylic acids is 1. The van der Waals surface area contributed by atoms with E-state index in [1.807, 2.05) is 24.3 Å². The minimum Gasteiger partial charge on any atom is -0.480 e. The molecule has 0 N–H and O–H groups in total. The average molecular weight is 353 g/mol. The Morgan fingerprint density at radius 3 is 2.90 bits per heavy atom. The molecule has 1 heterocycles. The van der Waals surface area contributed by atoms with Gasteiger partial charge in [0, 0.05) is 10.6 Å². The first-order valence-electron chi connectivity index (χ1n) is 6.03. The van der Waals surface area contributed by atoms with Crippen molar-refractivity contribution in [2.75, 3.05) is 5.75 Å². The summed E-state index contributed by atoms with van der Waals surface area (Å²) in [6.45, 7) is 0. The quantitative estimate of drug-likeness (QED) is 0.752. The van der Waals surface area contributed by atoms with Crippen molar-refractivity contribution in [2.45, 2.75) is 11.0 Å². The van der Waals surface area contributed by atoms with Crippen molar-refractivity contribution in [3.63, 3.8) is 0 Å². The van der Waals surface area contributed by atoms with Crippen molar-refractivity contribution in [1.82, 2.24) is 0 Å². The van der Waals surface area contributed by atoms with Crippen LogP contribution >= 0.6 is 27.7 Å². The van der Waals surface area contributed by atoms with Crippen molar-refractivity contribution >= 4 is 33.5 Å². The Labute approximate surface area is 128 Å². The van der Waals surface area contributed by atoms with E-state index in [9.17, 15) is 9.18 Å². The Kier molecular flexibility index (Phi) is 3.81. The molecule has 0 saturated heterocycles. The smallest absolute Gasteiger partial charge is 0.207 e. The van der Waals surface area contributed by atoms with Crippen LogP contribution < -0.4 is 4.74 Å². The normalized spacial score (nSPS) is 17.2. The van der Waals surface area contributed by atoms with Crippen LogP contribution in [0.25, 0.3) is 0 Å². The Morgan fingerprint density at radius 2 is 2.05 bits per heavy atom. The van der Waals surface area contributed by atoms with Crippen molar-refractivity contribution in [1.29, 1.82) is 0 Å². The van der Waals surface area contributed by atoms with Gasteiger partial charge in [-0.2, -0.15) is 0 Å². The maximum absolute atomic E-state index is 14.0. The lowest BCUT2D eigenvalue weighted by atomic mass is 10.1. The van der Waals surface area contributed by atoms with Gasteiger partial charge in [0.05, 0.1) is 10.0 Å². The summed E-state index contributed by atoms with van der Waals surface area (Å²) >= 11 is 4.64. The van der Waals surface area contributed by atoms with Crippen LogP contribution in [0.1, 0.15) is 10.4 Å². The summed E-state index contributed by atoms with van der Waals surface area (Å²) in [5.74, 6) is 0.301. The van der Waals surface area contributed by atoms with E-state index in [0.717, 1.165) is 4.90 Å². The zero-order valence-electron chi connectivity index (χ0n) is 10.3. The van der Waals surface area contributed by atoms with E-state index in [0.29, 0.717) is 11.5 Å². The van der Waals surface area contributed by atoms with Crippen LogP contribution in [0, 0.1) is 5.82 Å². The fraction of sp³-hybridized carbons (Fsp3) is 0.133. The Bertz CT molecular complexity index is 675. The molecule has 1 atom stereocenters. The van der Waals surface area contributed by atoms with Gasteiger partial charge in [0.15, 0.2) is 6.10 Å². The maximum atomic E-state index is 14.0. The molecule has 0 radical (unpaired) electrons. The molecular formula is C15H10BrFO2S. The number of Topliss-reactive ketones (excluding diaryl/α,β-unsaturated/α-hetero) is 1. The lowest BCUT2D eigenvalue weighted by Crippen LogP contribution is -2.32. The predicted octanol–water partition coefficient (Wildman–Crippen LogP) is 4.32. The Morgan fingerprint density at radius 1 is 1.25 bits per heavy atom. The molecule has 0 amide bonds. The first-order chi connectivity index (χ1) is 9.66. The third-order valence-electron chi connectivity index (χ3n) is 3.02. The molecular weight excluding hydrogens is 343 g/mol. The van der Waals surface area contributed by atoms with E-state index in [-0.39, 0.29) is 15.8 Å². The molecule has 5 heteroatoms. The van der Waals surface area contributed by atoms with Gasteiger partial charge in [0.25, 0.3) is 0 Å². The van der Waals surface area contributed by atoms with Gasteiger partial charge in [-0.05, 0) is 40.2 Å². The van der Waals surface area contributed by atoms with Crippen molar-refractivity contribution < 1.29 is 13.9 Å². The van der Waals surface area contributed by atoms with E-state index in [1.165, 1.54) is 6.07 Å². The maximum Gasteiger partial charge on any atom is 0.207 e. The summed E-state index contributed by atoms with van der Waals surface area (Å²) in [4.78, 5) is 13.4. The van der Waals surface area contributed by atoms with Crippen LogP contribution in [0.15, 0.2) is 51.8 Å². The standard InChI is InChI=1S/C15H10BrFO2S/c16-10-5-3-4-9(14(10)17)15(18)12-8-20-13-7-2-1-6-11(13)19-12/h1-7,12H,8H2. The molecule has 0 bridgehead atoms. The van der Waals surface area contributed by atoms with E-state index >= 15 is 0 Å². The fourth-order valence-corrected chi connectivity index (χ4v) is 3.37. The van der Waals surface area contributed by atoms with Gasteiger partial charge < -0.3 is 4.74 Å². The number of hydrogen-bond acceptors (Lipinski definition) is 3. The van der Waals surface area contributed by atoms with E-state index in [4.69, 9.17) is 4.74 Å². The molecule has 0 aliphatic carbocycles. The molecule has 1 aliphatic heterocycles. The zero-order chi connectivity index (χ0) is 14.1. The molecule has 1 aliphatic rings. The number of benzene rings is 2. The second-order valence-corrected chi connectivity index (χ2v) is 6.25. The second-order valence-electron chi connectivity index (χ2n) is 4.33. The second kappa shape index (κ2) is 5.58. The third kappa shape index (κ3) is 2.47. The Hall–Kier alpha value is -1.33. The fourth-order valence-electron chi connectivity index (χ4n) is 2.02. The highest BCUT2D eigenvalue weighted by Crippen LogP contribution is 2.36. The monoisotopic (exact) mass is 352 g/mol. The number of halogens is 2. The van der Waals surface area contributed by atoms with E-state index in [1.54, 1.807) is 23.9 Å². The summed E-state index contributed by atoms with van der Waals surface area (Å²) < 4.78 is 19.9. The van der Waals surface area contributed by atoms with Crippen LogP contribution in [-0.2, 0) is 0 Å². The highest BCUT2D eigenvalue weighted by molar-refractivity contribution is 9.10. The summed E-state index contributed by atoms with van der Waals surface area (Å²) in [6.07, 6.45) is -0.654. The molecule has 0 saturated carbocycles. The number of fused-ring (bicyclic) bond motifs is 1. The molecule has 3 rings (SSSR count). The largest absolute Gasteiger partial charge is 0.480 e. The number of ketones is 1. The van der Waals surface area contributed by atoms with Gasteiger partial charge in [0.1, 0.15) is 11.6 Å². The van der Waals surface area contributed by atoms with E-state index in [2.05, 4.69) is 15.9 Å². The van der Waals surface area contributed by atoms with E-state index < -0.39 is 11.9 Å². The zero-order valence-corrected chi connectivity index (χ0v) is 12.7. The SMILES string of the molecule is O=C(c1cccc(Br)c1F)C1CSc2ccccc2O1. The summed E-state index contributed by atoms with van der Waals surface area (Å²) in [6, 6.07) is 12.2. The minimum atomic E-state index is -0.654. The molecule has 1 unspecified atom stereocenters. The molecule has 2 aromatic carbocycles. The number of para-hydroxylation sites is 1. The molecule has 0 fully saturated rings. The Balaban J connectivity index is 1.88. The first-order valence-corrected chi connectivity index (χ1v) is 7.81. The lowest BCUT2D eigenvalue weighted by Gasteiger charge is -2.24. The number of rotatable bonds is 2. The van der Waals surface area contributed by atoms with Crippen LogP contribution in [0.5, 0.6) is 5.75 Å². The topological polar surface area (TPSA) is 26.3 Å². The third-order valence-corrected chi connectivity index (χ3v) is 4.75. The van der Waals surface area contributed by atoms with Gasteiger partial charge in [-0.3, -0.25) is 4.79 Å². The molecule has 0 spiro atoms. The van der Waals surface area contributed by atoms with Gasteiger partial charge in [-0.15, -0.1) is 11.8 Å². The van der Waals surface area contributed by atoms with Crippen LogP contribution in [-0.4, -0.2) is 17.6 Å². The molecule has 2 nitrogen and oxygen atoms in total. The van der Waals surface area contributed by atoms with Crippen LogP contribution in [0.3, 0.4) is 0 Å². The first kappa shape index (κ1) is 13.6. The molecule has 102 valence electrons.